The summed E-state index contributed by atoms with van der Waals surface area (Å²) in [6, 6.07) is -0.292. The number of aliphatic carboxylic acids is 1. The highest BCUT2D eigenvalue weighted by Crippen LogP contribution is 2.20. The summed E-state index contributed by atoms with van der Waals surface area (Å²) < 4.78 is 5.08. The second-order valence-electron chi connectivity index (χ2n) is 3.83. The third kappa shape index (κ3) is 3.18. The van der Waals surface area contributed by atoms with Crippen LogP contribution >= 0.6 is 0 Å². The van der Waals surface area contributed by atoms with Gasteiger partial charge in [-0.3, -0.25) is 4.79 Å². The molecular formula is C10H17NO5. The van der Waals surface area contributed by atoms with Crippen LogP contribution in [0.3, 0.4) is 0 Å². The van der Waals surface area contributed by atoms with Gasteiger partial charge in [-0.1, -0.05) is 6.92 Å². The van der Waals surface area contributed by atoms with Crippen LogP contribution in [0, 0.1) is 0 Å². The summed E-state index contributed by atoms with van der Waals surface area (Å²) >= 11 is 0. The van der Waals surface area contributed by atoms with Crippen LogP contribution in [0.2, 0.25) is 0 Å². The Balaban J connectivity index is 2.41. The Kier molecular flexibility index (Phi) is 4.70. The predicted octanol–water partition coefficient (Wildman–Crippen LogP) is -0.494. The van der Waals surface area contributed by atoms with Crippen LogP contribution in [0.5, 0.6) is 0 Å². The maximum Gasteiger partial charge on any atom is 0.332 e. The molecule has 1 fully saturated rings. The van der Waals surface area contributed by atoms with Crippen LogP contribution < -0.4 is 5.32 Å². The zero-order chi connectivity index (χ0) is 12.1. The SMILES string of the molecule is CC[C@@H](CO)NC(=O)C1CCC(C(=O)O)O1. The number of carboxylic acids is 1. The van der Waals surface area contributed by atoms with Crippen molar-refractivity contribution in [3.63, 3.8) is 0 Å². The minimum Gasteiger partial charge on any atom is -0.479 e. The number of amides is 1. The first kappa shape index (κ1) is 12.9. The molecule has 1 aliphatic heterocycles. The summed E-state index contributed by atoms with van der Waals surface area (Å²) in [4.78, 5) is 22.2. The smallest absolute Gasteiger partial charge is 0.332 e. The fraction of sp³-hybridized carbons (Fsp3) is 0.800. The Morgan fingerprint density at radius 1 is 1.44 bits per heavy atom. The van der Waals surface area contributed by atoms with E-state index in [0.717, 1.165) is 0 Å². The maximum absolute atomic E-state index is 11.6. The van der Waals surface area contributed by atoms with Crippen LogP contribution in [-0.2, 0) is 14.3 Å². The molecule has 1 rings (SSSR count). The Morgan fingerprint density at radius 2 is 2.06 bits per heavy atom. The summed E-state index contributed by atoms with van der Waals surface area (Å²) in [5, 5.41) is 20.2. The monoisotopic (exact) mass is 231 g/mol. The van der Waals surface area contributed by atoms with Gasteiger partial charge < -0.3 is 20.3 Å². The Bertz CT molecular complexity index is 264. The van der Waals surface area contributed by atoms with Gasteiger partial charge in [0.05, 0.1) is 12.6 Å². The number of hydrogen-bond acceptors (Lipinski definition) is 4. The topological polar surface area (TPSA) is 95.9 Å². The molecule has 1 heterocycles. The van der Waals surface area contributed by atoms with Crippen LogP contribution in [0.1, 0.15) is 26.2 Å². The molecule has 6 nitrogen and oxygen atoms in total. The minimum atomic E-state index is -1.04. The summed E-state index contributed by atoms with van der Waals surface area (Å²) in [5.74, 6) is -1.38. The van der Waals surface area contributed by atoms with Crippen molar-refractivity contribution in [1.29, 1.82) is 0 Å². The number of aliphatic hydroxyl groups is 1. The van der Waals surface area contributed by atoms with Gasteiger partial charge in [0.1, 0.15) is 6.10 Å². The highest BCUT2D eigenvalue weighted by molar-refractivity contribution is 5.82. The number of hydrogen-bond donors (Lipinski definition) is 3. The number of carbonyl (C=O) groups is 2. The Labute approximate surface area is 93.6 Å². The van der Waals surface area contributed by atoms with Crippen LogP contribution in [-0.4, -0.2) is 46.9 Å². The third-order valence-electron chi connectivity index (χ3n) is 2.65. The van der Waals surface area contributed by atoms with E-state index in [0.29, 0.717) is 19.3 Å². The van der Waals surface area contributed by atoms with E-state index in [4.69, 9.17) is 14.9 Å². The Hall–Kier alpha value is -1.14. The highest BCUT2D eigenvalue weighted by Gasteiger charge is 2.35. The lowest BCUT2D eigenvalue weighted by Gasteiger charge is -2.17. The van der Waals surface area contributed by atoms with Crippen LogP contribution in [0.4, 0.5) is 0 Å². The van der Waals surface area contributed by atoms with Gasteiger partial charge in [-0.25, -0.2) is 4.79 Å². The van der Waals surface area contributed by atoms with Gasteiger partial charge in [0.15, 0.2) is 6.10 Å². The van der Waals surface area contributed by atoms with Gasteiger partial charge >= 0.3 is 5.97 Å². The molecule has 1 aliphatic rings. The quantitative estimate of drug-likeness (QED) is 0.593. The molecule has 16 heavy (non-hydrogen) atoms. The number of aliphatic hydroxyl groups excluding tert-OH is 1. The summed E-state index contributed by atoms with van der Waals surface area (Å²) in [5.41, 5.74) is 0. The average Bonchev–Trinajstić information content (AvgIpc) is 2.74. The summed E-state index contributed by atoms with van der Waals surface area (Å²) in [6.07, 6.45) is -0.211. The zero-order valence-corrected chi connectivity index (χ0v) is 9.18. The average molecular weight is 231 g/mol. The second kappa shape index (κ2) is 5.81. The molecule has 2 unspecified atom stereocenters. The summed E-state index contributed by atoms with van der Waals surface area (Å²) in [6.45, 7) is 1.72. The van der Waals surface area contributed by atoms with E-state index in [-0.39, 0.29) is 18.6 Å². The van der Waals surface area contributed by atoms with E-state index >= 15 is 0 Å². The van der Waals surface area contributed by atoms with E-state index in [1.807, 2.05) is 6.92 Å². The van der Waals surface area contributed by atoms with Crippen molar-refractivity contribution in [3.8, 4) is 0 Å². The largest absolute Gasteiger partial charge is 0.479 e. The van der Waals surface area contributed by atoms with E-state index in [1.54, 1.807) is 0 Å². The van der Waals surface area contributed by atoms with E-state index in [9.17, 15) is 9.59 Å². The lowest BCUT2D eigenvalue weighted by molar-refractivity contribution is -0.152. The van der Waals surface area contributed by atoms with Gasteiger partial charge in [-0.2, -0.15) is 0 Å². The molecular weight excluding hydrogens is 214 g/mol. The Morgan fingerprint density at radius 3 is 2.50 bits per heavy atom. The van der Waals surface area contributed by atoms with E-state index in [2.05, 4.69) is 5.32 Å². The molecule has 0 saturated carbocycles. The lowest BCUT2D eigenvalue weighted by atomic mass is 10.1. The standard InChI is InChI=1S/C10H17NO5/c1-2-6(5-12)11-9(13)7-3-4-8(16-7)10(14)15/h6-8,12H,2-5H2,1H3,(H,11,13)(H,14,15)/t6-,7?,8?/m0/s1. The van der Waals surface area contributed by atoms with Gasteiger partial charge in [-0.15, -0.1) is 0 Å². The molecule has 6 heteroatoms. The number of carboxylic acid groups (broad SMARTS) is 1. The number of rotatable bonds is 5. The van der Waals surface area contributed by atoms with E-state index < -0.39 is 18.2 Å². The normalized spacial score (nSPS) is 26.4. The number of nitrogens with one attached hydrogen (secondary N) is 1. The third-order valence-corrected chi connectivity index (χ3v) is 2.65. The molecule has 92 valence electrons. The highest BCUT2D eigenvalue weighted by atomic mass is 16.5. The van der Waals surface area contributed by atoms with Crippen molar-refractivity contribution in [1.82, 2.24) is 5.32 Å². The molecule has 0 aromatic rings. The second-order valence-corrected chi connectivity index (χ2v) is 3.83. The molecule has 0 bridgehead atoms. The zero-order valence-electron chi connectivity index (χ0n) is 9.18. The minimum absolute atomic E-state index is 0.128. The molecule has 1 amide bonds. The fourth-order valence-corrected chi connectivity index (χ4v) is 1.58. The first-order valence-corrected chi connectivity index (χ1v) is 5.38. The number of carbonyl (C=O) groups excluding carboxylic acids is 1. The van der Waals surface area contributed by atoms with Crippen molar-refractivity contribution in [3.05, 3.63) is 0 Å². The van der Waals surface area contributed by atoms with Gasteiger partial charge in [0.25, 0.3) is 0 Å². The van der Waals surface area contributed by atoms with Crippen molar-refractivity contribution in [2.45, 2.75) is 44.4 Å². The van der Waals surface area contributed by atoms with Gasteiger partial charge in [0.2, 0.25) is 5.91 Å². The molecule has 3 atom stereocenters. The molecule has 0 spiro atoms. The van der Waals surface area contributed by atoms with Crippen molar-refractivity contribution in [2.24, 2.45) is 0 Å². The van der Waals surface area contributed by atoms with E-state index in [1.165, 1.54) is 0 Å². The molecule has 0 aromatic heterocycles. The van der Waals surface area contributed by atoms with Crippen molar-refractivity contribution < 1.29 is 24.5 Å². The maximum atomic E-state index is 11.6. The van der Waals surface area contributed by atoms with Crippen molar-refractivity contribution >= 4 is 11.9 Å². The predicted molar refractivity (Wildman–Crippen MR) is 54.8 cm³/mol. The molecule has 0 aromatic carbocycles. The first-order valence-electron chi connectivity index (χ1n) is 5.38. The summed E-state index contributed by atoms with van der Waals surface area (Å²) in [7, 11) is 0. The fourth-order valence-electron chi connectivity index (χ4n) is 1.58. The molecule has 0 radical (unpaired) electrons. The van der Waals surface area contributed by atoms with Crippen LogP contribution in [0.15, 0.2) is 0 Å². The molecule has 1 saturated heterocycles. The molecule has 0 aliphatic carbocycles. The van der Waals surface area contributed by atoms with Crippen LogP contribution in [0.25, 0.3) is 0 Å². The van der Waals surface area contributed by atoms with Crippen molar-refractivity contribution in [2.75, 3.05) is 6.61 Å². The molecule has 3 N–H and O–H groups in total. The first-order chi connectivity index (χ1) is 7.58. The van der Waals surface area contributed by atoms with Gasteiger partial charge in [-0.05, 0) is 19.3 Å². The lowest BCUT2D eigenvalue weighted by Crippen LogP contribution is -2.43. The number of ether oxygens (including phenoxy) is 1. The van der Waals surface area contributed by atoms with Gasteiger partial charge in [0, 0.05) is 0 Å².